The fraction of sp³-hybridized carbons (Fsp3) is 0.333. The normalized spacial score (nSPS) is 16.2. The first-order chi connectivity index (χ1) is 9.76. The molecule has 20 heavy (non-hydrogen) atoms. The SMILES string of the molecule is CCn1cnc(-c2ccc(C3=CCN(Cl)CC3)cc2)n1. The molecule has 0 N–H and O–H groups in total. The van der Waals surface area contributed by atoms with Crippen LogP contribution in [0.25, 0.3) is 17.0 Å². The predicted molar refractivity (Wildman–Crippen MR) is 81.2 cm³/mol. The van der Waals surface area contributed by atoms with E-state index in [9.17, 15) is 0 Å². The molecule has 104 valence electrons. The summed E-state index contributed by atoms with van der Waals surface area (Å²) in [5, 5.41) is 4.42. The van der Waals surface area contributed by atoms with Crippen molar-refractivity contribution >= 4 is 17.3 Å². The molecule has 1 aromatic carbocycles. The minimum atomic E-state index is 0.781. The molecule has 0 saturated heterocycles. The van der Waals surface area contributed by atoms with Gasteiger partial charge in [0.05, 0.1) is 0 Å². The molecule has 0 amide bonds. The molecule has 0 radical (unpaired) electrons. The van der Waals surface area contributed by atoms with Crippen LogP contribution in [0.2, 0.25) is 0 Å². The summed E-state index contributed by atoms with van der Waals surface area (Å²) in [4.78, 5) is 4.32. The number of hydrogen-bond acceptors (Lipinski definition) is 3. The molecule has 1 aromatic heterocycles. The Morgan fingerprint density at radius 2 is 1.95 bits per heavy atom. The lowest BCUT2D eigenvalue weighted by Gasteiger charge is -2.19. The zero-order chi connectivity index (χ0) is 13.9. The van der Waals surface area contributed by atoms with Gasteiger partial charge >= 0.3 is 0 Å². The first-order valence-corrected chi connectivity index (χ1v) is 7.20. The number of halogens is 1. The van der Waals surface area contributed by atoms with Gasteiger partial charge in [-0.25, -0.2) is 9.40 Å². The van der Waals surface area contributed by atoms with E-state index in [2.05, 4.69) is 47.3 Å². The van der Waals surface area contributed by atoms with E-state index in [-0.39, 0.29) is 0 Å². The Balaban J connectivity index is 1.81. The summed E-state index contributed by atoms with van der Waals surface area (Å²) in [5.74, 6) is 0.781. The van der Waals surface area contributed by atoms with Crippen molar-refractivity contribution < 1.29 is 0 Å². The molecule has 0 spiro atoms. The molecule has 0 saturated carbocycles. The molecule has 0 unspecified atom stereocenters. The van der Waals surface area contributed by atoms with Gasteiger partial charge in [-0.2, -0.15) is 5.10 Å². The number of aromatic nitrogens is 3. The largest absolute Gasteiger partial charge is 0.253 e. The lowest BCUT2D eigenvalue weighted by Crippen LogP contribution is -2.18. The second-order valence-electron chi connectivity index (χ2n) is 4.85. The van der Waals surface area contributed by atoms with E-state index < -0.39 is 0 Å². The van der Waals surface area contributed by atoms with Crippen molar-refractivity contribution in [3.8, 4) is 11.4 Å². The third kappa shape index (κ3) is 2.76. The van der Waals surface area contributed by atoms with Crippen LogP contribution >= 0.6 is 11.8 Å². The Morgan fingerprint density at radius 3 is 2.55 bits per heavy atom. The van der Waals surface area contributed by atoms with Gasteiger partial charge in [-0.05, 0) is 36.3 Å². The van der Waals surface area contributed by atoms with Crippen molar-refractivity contribution in [1.82, 2.24) is 19.2 Å². The van der Waals surface area contributed by atoms with Crippen LogP contribution in [0.1, 0.15) is 18.9 Å². The van der Waals surface area contributed by atoms with Crippen LogP contribution in [-0.4, -0.2) is 32.3 Å². The minimum Gasteiger partial charge on any atom is -0.253 e. The predicted octanol–water partition coefficient (Wildman–Crippen LogP) is 3.21. The molecule has 1 aliphatic heterocycles. The van der Waals surface area contributed by atoms with Crippen LogP contribution in [-0.2, 0) is 6.54 Å². The summed E-state index contributed by atoms with van der Waals surface area (Å²) in [6.07, 6.45) is 4.95. The van der Waals surface area contributed by atoms with Crippen LogP contribution in [0, 0.1) is 0 Å². The van der Waals surface area contributed by atoms with Crippen molar-refractivity contribution in [2.75, 3.05) is 13.1 Å². The van der Waals surface area contributed by atoms with E-state index in [4.69, 9.17) is 11.8 Å². The Kier molecular flexibility index (Phi) is 3.85. The van der Waals surface area contributed by atoms with Crippen molar-refractivity contribution in [3.63, 3.8) is 0 Å². The highest BCUT2D eigenvalue weighted by Crippen LogP contribution is 2.25. The van der Waals surface area contributed by atoms with Crippen molar-refractivity contribution in [2.24, 2.45) is 0 Å². The quantitative estimate of drug-likeness (QED) is 0.813. The van der Waals surface area contributed by atoms with E-state index >= 15 is 0 Å². The Hall–Kier alpha value is -1.65. The second-order valence-corrected chi connectivity index (χ2v) is 5.33. The van der Waals surface area contributed by atoms with Gasteiger partial charge in [0.2, 0.25) is 0 Å². The van der Waals surface area contributed by atoms with Crippen molar-refractivity contribution in [1.29, 1.82) is 0 Å². The number of nitrogens with zero attached hydrogens (tertiary/aromatic N) is 4. The second kappa shape index (κ2) is 5.77. The molecule has 3 rings (SSSR count). The van der Waals surface area contributed by atoms with Gasteiger partial charge in [-0.3, -0.25) is 4.68 Å². The van der Waals surface area contributed by atoms with E-state index in [1.807, 2.05) is 4.68 Å². The maximum atomic E-state index is 5.96. The van der Waals surface area contributed by atoms with Gasteiger partial charge in [0.1, 0.15) is 6.33 Å². The third-order valence-corrected chi connectivity index (χ3v) is 3.84. The first kappa shape index (κ1) is 13.3. The van der Waals surface area contributed by atoms with E-state index in [0.29, 0.717) is 0 Å². The lowest BCUT2D eigenvalue weighted by molar-refractivity contribution is 0.499. The van der Waals surface area contributed by atoms with E-state index in [0.717, 1.165) is 37.4 Å². The number of rotatable bonds is 3. The summed E-state index contributed by atoms with van der Waals surface area (Å²) in [7, 11) is 0. The first-order valence-electron chi connectivity index (χ1n) is 6.86. The minimum absolute atomic E-state index is 0.781. The van der Waals surface area contributed by atoms with Gasteiger partial charge in [-0.15, -0.1) is 0 Å². The van der Waals surface area contributed by atoms with Gasteiger partial charge < -0.3 is 0 Å². The molecule has 4 nitrogen and oxygen atoms in total. The molecular formula is C15H17ClN4. The Labute approximate surface area is 123 Å². The summed E-state index contributed by atoms with van der Waals surface area (Å²) < 4.78 is 3.64. The summed E-state index contributed by atoms with van der Waals surface area (Å²) in [6, 6.07) is 8.44. The standard InChI is InChI=1S/C15H17ClN4/c1-2-20-11-17-15(18-20)14-5-3-12(4-6-14)13-7-9-19(16)10-8-13/h3-7,11H,2,8-10H2,1H3. The highest BCUT2D eigenvalue weighted by atomic mass is 35.5. The molecule has 0 atom stereocenters. The fourth-order valence-corrected chi connectivity index (χ4v) is 2.47. The zero-order valence-corrected chi connectivity index (χ0v) is 12.2. The molecule has 0 bridgehead atoms. The zero-order valence-electron chi connectivity index (χ0n) is 11.5. The monoisotopic (exact) mass is 288 g/mol. The van der Waals surface area contributed by atoms with Crippen molar-refractivity contribution in [3.05, 3.63) is 42.2 Å². The molecule has 0 fully saturated rings. The van der Waals surface area contributed by atoms with Crippen LogP contribution in [0.3, 0.4) is 0 Å². The molecule has 5 heteroatoms. The van der Waals surface area contributed by atoms with Crippen LogP contribution in [0.4, 0.5) is 0 Å². The third-order valence-electron chi connectivity index (χ3n) is 3.53. The summed E-state index contributed by atoms with van der Waals surface area (Å²) in [6.45, 7) is 4.60. The molecule has 0 aliphatic carbocycles. The molecule has 2 heterocycles. The molecular weight excluding hydrogens is 272 g/mol. The highest BCUT2D eigenvalue weighted by molar-refractivity contribution is 6.13. The summed E-state index contributed by atoms with van der Waals surface area (Å²) in [5.41, 5.74) is 3.67. The number of aryl methyl sites for hydroxylation is 1. The Bertz CT molecular complexity index is 615. The topological polar surface area (TPSA) is 34.0 Å². The van der Waals surface area contributed by atoms with Gasteiger partial charge in [0.15, 0.2) is 5.82 Å². The van der Waals surface area contributed by atoms with E-state index in [1.165, 1.54) is 11.1 Å². The van der Waals surface area contributed by atoms with Gasteiger partial charge in [0, 0.05) is 25.2 Å². The molecule has 2 aromatic rings. The Morgan fingerprint density at radius 1 is 1.20 bits per heavy atom. The van der Waals surface area contributed by atoms with Crippen molar-refractivity contribution in [2.45, 2.75) is 19.9 Å². The van der Waals surface area contributed by atoms with Gasteiger partial charge in [0.25, 0.3) is 0 Å². The smallest absolute Gasteiger partial charge is 0.181 e. The van der Waals surface area contributed by atoms with E-state index in [1.54, 1.807) is 10.7 Å². The average Bonchev–Trinajstić information content (AvgIpc) is 2.97. The number of hydrogen-bond donors (Lipinski definition) is 0. The van der Waals surface area contributed by atoms with Crippen LogP contribution in [0.5, 0.6) is 0 Å². The van der Waals surface area contributed by atoms with Gasteiger partial charge in [-0.1, -0.05) is 30.3 Å². The average molecular weight is 289 g/mol. The maximum absolute atomic E-state index is 5.96. The summed E-state index contributed by atoms with van der Waals surface area (Å²) >= 11 is 5.96. The van der Waals surface area contributed by atoms with Crippen LogP contribution in [0.15, 0.2) is 36.7 Å². The maximum Gasteiger partial charge on any atom is 0.181 e. The van der Waals surface area contributed by atoms with Crippen LogP contribution < -0.4 is 0 Å². The molecule has 1 aliphatic rings. The number of benzene rings is 1. The fourth-order valence-electron chi connectivity index (χ4n) is 2.32. The lowest BCUT2D eigenvalue weighted by atomic mass is 9.99. The highest BCUT2D eigenvalue weighted by Gasteiger charge is 2.11.